The van der Waals surface area contributed by atoms with Crippen LogP contribution in [-0.2, 0) is 6.54 Å². The van der Waals surface area contributed by atoms with E-state index >= 15 is 0 Å². The molecule has 2 aromatic rings. The number of rotatable bonds is 4. The summed E-state index contributed by atoms with van der Waals surface area (Å²) in [4.78, 5) is 4.16. The van der Waals surface area contributed by atoms with Crippen molar-refractivity contribution >= 4 is 17.3 Å². The maximum atomic E-state index is 13.2. The second kappa shape index (κ2) is 5.35. The van der Waals surface area contributed by atoms with Gasteiger partial charge in [0.25, 0.3) is 0 Å². The van der Waals surface area contributed by atoms with E-state index in [2.05, 4.69) is 15.4 Å². The average molecular weight is 269 g/mol. The van der Waals surface area contributed by atoms with E-state index in [9.17, 15) is 4.39 Å². The normalized spacial score (nSPS) is 10.9. The largest absolute Gasteiger partial charge is 0.378 e. The van der Waals surface area contributed by atoms with Gasteiger partial charge >= 0.3 is 0 Å². The van der Waals surface area contributed by atoms with Crippen LogP contribution in [0.3, 0.4) is 0 Å². The molecule has 0 saturated carbocycles. The first kappa shape index (κ1) is 12.8. The molecule has 1 N–H and O–H groups in total. The average Bonchev–Trinajstić information content (AvgIpc) is 2.79. The summed E-state index contributed by atoms with van der Waals surface area (Å²) >= 11 is 5.62. The fraction of sp³-hybridized carbons (Fsp3) is 0.333. The molecule has 0 fully saturated rings. The first-order chi connectivity index (χ1) is 8.58. The van der Waals surface area contributed by atoms with Gasteiger partial charge in [-0.2, -0.15) is 5.10 Å². The fourth-order valence-electron chi connectivity index (χ4n) is 1.62. The lowest BCUT2D eigenvalue weighted by Crippen LogP contribution is -2.12. The van der Waals surface area contributed by atoms with E-state index in [4.69, 9.17) is 11.6 Å². The Morgan fingerprint density at radius 2 is 2.22 bits per heavy atom. The van der Waals surface area contributed by atoms with Crippen LogP contribution in [0.4, 0.5) is 10.1 Å². The number of halogens is 2. The van der Waals surface area contributed by atoms with Crippen molar-refractivity contribution in [3.63, 3.8) is 0 Å². The van der Waals surface area contributed by atoms with Gasteiger partial charge in [-0.1, -0.05) is 11.6 Å². The molecule has 0 bridgehead atoms. The van der Waals surface area contributed by atoms with Crippen LogP contribution in [0, 0.1) is 5.82 Å². The zero-order chi connectivity index (χ0) is 13.1. The topological polar surface area (TPSA) is 42.7 Å². The molecule has 4 nitrogen and oxygen atoms in total. The Morgan fingerprint density at radius 3 is 2.89 bits per heavy atom. The molecule has 0 radical (unpaired) electrons. The second-order valence-electron chi connectivity index (χ2n) is 4.20. The number of anilines is 1. The van der Waals surface area contributed by atoms with E-state index in [-0.39, 0.29) is 11.1 Å². The van der Waals surface area contributed by atoms with Crippen molar-refractivity contribution in [2.24, 2.45) is 0 Å². The molecule has 1 aromatic carbocycles. The molecular weight excluding hydrogens is 255 g/mol. The Kier molecular flexibility index (Phi) is 3.81. The SMILES string of the molecule is CC(C)n1ncnc1CNc1ccc(Cl)c(F)c1. The Bertz CT molecular complexity index is 539. The number of nitrogens with one attached hydrogen (secondary N) is 1. The number of aromatic nitrogens is 3. The van der Waals surface area contributed by atoms with Gasteiger partial charge in [0, 0.05) is 11.7 Å². The molecule has 0 unspecified atom stereocenters. The van der Waals surface area contributed by atoms with Gasteiger partial charge in [0.15, 0.2) is 0 Å². The smallest absolute Gasteiger partial charge is 0.146 e. The van der Waals surface area contributed by atoms with Crippen molar-refractivity contribution in [1.29, 1.82) is 0 Å². The molecule has 0 aliphatic rings. The first-order valence-electron chi connectivity index (χ1n) is 5.65. The van der Waals surface area contributed by atoms with Crippen molar-refractivity contribution in [3.05, 3.63) is 41.2 Å². The standard InChI is InChI=1S/C12H14ClFN4/c1-8(2)18-12(16-7-17-18)6-15-9-3-4-10(13)11(14)5-9/h3-5,7-8,15H,6H2,1-2H3. The van der Waals surface area contributed by atoms with Gasteiger partial charge < -0.3 is 5.32 Å². The third kappa shape index (κ3) is 2.79. The van der Waals surface area contributed by atoms with Gasteiger partial charge in [-0.05, 0) is 32.0 Å². The maximum absolute atomic E-state index is 13.2. The third-order valence-electron chi connectivity index (χ3n) is 2.51. The molecule has 1 heterocycles. The van der Waals surface area contributed by atoms with Crippen molar-refractivity contribution in [3.8, 4) is 0 Å². The van der Waals surface area contributed by atoms with Crippen LogP contribution in [0.2, 0.25) is 5.02 Å². The van der Waals surface area contributed by atoms with Gasteiger partial charge in [0.2, 0.25) is 0 Å². The molecule has 0 atom stereocenters. The highest BCUT2D eigenvalue weighted by Gasteiger charge is 2.07. The third-order valence-corrected chi connectivity index (χ3v) is 2.81. The summed E-state index contributed by atoms with van der Waals surface area (Å²) < 4.78 is 15.1. The van der Waals surface area contributed by atoms with Crippen molar-refractivity contribution < 1.29 is 4.39 Å². The Balaban J connectivity index is 2.07. The zero-order valence-corrected chi connectivity index (χ0v) is 10.9. The van der Waals surface area contributed by atoms with Crippen LogP contribution in [0.15, 0.2) is 24.5 Å². The zero-order valence-electron chi connectivity index (χ0n) is 10.2. The summed E-state index contributed by atoms with van der Waals surface area (Å²) in [5.41, 5.74) is 0.662. The fourth-order valence-corrected chi connectivity index (χ4v) is 1.74. The monoisotopic (exact) mass is 268 g/mol. The van der Waals surface area contributed by atoms with Gasteiger partial charge in [0.05, 0.1) is 11.6 Å². The van der Waals surface area contributed by atoms with E-state index in [1.165, 1.54) is 18.5 Å². The number of hydrogen-bond donors (Lipinski definition) is 1. The Hall–Kier alpha value is -1.62. The van der Waals surface area contributed by atoms with E-state index in [1.54, 1.807) is 6.07 Å². The molecule has 18 heavy (non-hydrogen) atoms. The van der Waals surface area contributed by atoms with E-state index in [0.717, 1.165) is 5.82 Å². The number of nitrogens with zero attached hydrogens (tertiary/aromatic N) is 3. The summed E-state index contributed by atoms with van der Waals surface area (Å²) in [5, 5.41) is 7.33. The lowest BCUT2D eigenvalue weighted by Gasteiger charge is -2.11. The van der Waals surface area contributed by atoms with Crippen molar-refractivity contribution in [1.82, 2.24) is 14.8 Å². The van der Waals surface area contributed by atoms with Crippen LogP contribution in [-0.4, -0.2) is 14.8 Å². The first-order valence-corrected chi connectivity index (χ1v) is 6.03. The van der Waals surface area contributed by atoms with Gasteiger partial charge in [-0.25, -0.2) is 14.1 Å². The minimum absolute atomic E-state index is 0.117. The molecule has 0 aliphatic heterocycles. The highest BCUT2D eigenvalue weighted by Crippen LogP contribution is 2.19. The van der Waals surface area contributed by atoms with Gasteiger partial charge in [-0.15, -0.1) is 0 Å². The minimum atomic E-state index is -0.438. The van der Waals surface area contributed by atoms with Crippen LogP contribution >= 0.6 is 11.6 Å². The van der Waals surface area contributed by atoms with Crippen molar-refractivity contribution in [2.45, 2.75) is 26.4 Å². The van der Waals surface area contributed by atoms with E-state index < -0.39 is 5.82 Å². The van der Waals surface area contributed by atoms with Gasteiger partial charge in [0.1, 0.15) is 18.0 Å². The summed E-state index contributed by atoms with van der Waals surface area (Å²) in [6, 6.07) is 4.85. The summed E-state index contributed by atoms with van der Waals surface area (Å²) in [7, 11) is 0. The highest BCUT2D eigenvalue weighted by atomic mass is 35.5. The van der Waals surface area contributed by atoms with E-state index in [1.807, 2.05) is 18.5 Å². The molecular formula is C12H14ClFN4. The van der Waals surface area contributed by atoms with Crippen LogP contribution in [0.5, 0.6) is 0 Å². The molecule has 0 aliphatic carbocycles. The Morgan fingerprint density at radius 1 is 1.44 bits per heavy atom. The second-order valence-corrected chi connectivity index (χ2v) is 4.60. The maximum Gasteiger partial charge on any atom is 0.146 e. The quantitative estimate of drug-likeness (QED) is 0.925. The summed E-state index contributed by atoms with van der Waals surface area (Å²) in [6.07, 6.45) is 1.51. The number of benzene rings is 1. The van der Waals surface area contributed by atoms with Crippen LogP contribution < -0.4 is 5.32 Å². The van der Waals surface area contributed by atoms with Crippen molar-refractivity contribution in [2.75, 3.05) is 5.32 Å². The van der Waals surface area contributed by atoms with Crippen LogP contribution in [0.25, 0.3) is 0 Å². The lowest BCUT2D eigenvalue weighted by molar-refractivity contribution is 0.509. The molecule has 96 valence electrons. The minimum Gasteiger partial charge on any atom is -0.378 e. The molecule has 0 saturated heterocycles. The molecule has 2 rings (SSSR count). The molecule has 0 amide bonds. The lowest BCUT2D eigenvalue weighted by atomic mass is 10.3. The molecule has 0 spiro atoms. The summed E-state index contributed by atoms with van der Waals surface area (Å²) in [6.45, 7) is 4.54. The van der Waals surface area contributed by atoms with Crippen LogP contribution in [0.1, 0.15) is 25.7 Å². The summed E-state index contributed by atoms with van der Waals surface area (Å²) in [5.74, 6) is 0.368. The Labute approximate surface area is 110 Å². The highest BCUT2D eigenvalue weighted by molar-refractivity contribution is 6.30. The molecule has 1 aromatic heterocycles. The predicted octanol–water partition coefficient (Wildman–Crippen LogP) is 3.26. The predicted molar refractivity (Wildman–Crippen MR) is 69.1 cm³/mol. The molecule has 6 heteroatoms. The van der Waals surface area contributed by atoms with Gasteiger partial charge in [-0.3, -0.25) is 0 Å². The van der Waals surface area contributed by atoms with E-state index in [0.29, 0.717) is 12.2 Å². The number of hydrogen-bond acceptors (Lipinski definition) is 3.